The van der Waals surface area contributed by atoms with Gasteiger partial charge in [0.15, 0.2) is 17.5 Å². The summed E-state index contributed by atoms with van der Waals surface area (Å²) < 4.78 is 11.5. The third kappa shape index (κ3) is 5.29. The Balaban J connectivity index is 1.12. The summed E-state index contributed by atoms with van der Waals surface area (Å²) in [5, 5.41) is 9.41. The predicted octanol–water partition coefficient (Wildman–Crippen LogP) is 15.1. The van der Waals surface area contributed by atoms with Gasteiger partial charge in [0, 0.05) is 58.5 Å². The molecule has 61 heavy (non-hydrogen) atoms. The Kier molecular flexibility index (Phi) is 7.41. The molecular weight excluding hydrogens is 765 g/mol. The Bertz CT molecular complexity index is 3900. The first-order valence-corrected chi connectivity index (χ1v) is 21.2. The maximum Gasteiger partial charge on any atom is 0.167 e. The van der Waals surface area contributed by atoms with Crippen molar-refractivity contribution < 1.29 is 4.42 Å². The van der Waals surface area contributed by atoms with Gasteiger partial charge in [0.25, 0.3) is 0 Å². The van der Waals surface area contributed by atoms with Crippen LogP contribution in [-0.2, 0) is 0 Å². The molecule has 0 fully saturated rings. The first-order valence-electron chi connectivity index (χ1n) is 20.4. The lowest BCUT2D eigenvalue weighted by Crippen LogP contribution is -2.02. The zero-order valence-electron chi connectivity index (χ0n) is 32.6. The van der Waals surface area contributed by atoms with Crippen molar-refractivity contribution >= 4 is 86.0 Å². The predicted molar refractivity (Wildman–Crippen MR) is 254 cm³/mol. The number of fused-ring (bicyclic) bond motifs is 10. The zero-order valence-corrected chi connectivity index (χ0v) is 33.4. The molecule has 0 unspecified atom stereocenters. The summed E-state index contributed by atoms with van der Waals surface area (Å²) in [7, 11) is 0. The van der Waals surface area contributed by atoms with Crippen LogP contribution in [0.1, 0.15) is 0 Å². The van der Waals surface area contributed by atoms with Gasteiger partial charge >= 0.3 is 0 Å². The number of para-hydroxylation sites is 3. The molecule has 5 nitrogen and oxygen atoms in total. The monoisotopic (exact) mass is 796 g/mol. The molecule has 4 aromatic heterocycles. The maximum atomic E-state index is 6.55. The number of thiophene rings is 1. The van der Waals surface area contributed by atoms with E-state index in [2.05, 4.69) is 156 Å². The Morgan fingerprint density at radius 1 is 0.393 bits per heavy atom. The van der Waals surface area contributed by atoms with E-state index >= 15 is 0 Å². The Hall–Kier alpha value is -7.93. The highest BCUT2D eigenvalue weighted by atomic mass is 32.1. The maximum absolute atomic E-state index is 6.55. The molecule has 0 aliphatic rings. The molecule has 9 aromatic carbocycles. The SMILES string of the molecule is c1ccc(-c2nc(-c3ccc(-n4c5ccccc5c5cc6ccccc6cc54)cc3-c3cccc4sc5ccccc5c34)nc(-c3cccc4c3oc3ccccc34)n2)cc1. The van der Waals surface area contributed by atoms with Crippen LogP contribution in [0.3, 0.4) is 0 Å². The molecule has 6 heteroatoms. The minimum Gasteiger partial charge on any atom is -0.455 e. The summed E-state index contributed by atoms with van der Waals surface area (Å²) in [6.45, 7) is 0. The van der Waals surface area contributed by atoms with Crippen molar-refractivity contribution in [1.29, 1.82) is 0 Å². The van der Waals surface area contributed by atoms with Crippen LogP contribution in [0.15, 0.2) is 199 Å². The van der Waals surface area contributed by atoms with Crippen LogP contribution >= 0.6 is 11.3 Å². The lowest BCUT2D eigenvalue weighted by molar-refractivity contribution is 0.669. The number of nitrogens with zero attached hydrogens (tertiary/aromatic N) is 4. The summed E-state index contributed by atoms with van der Waals surface area (Å²) in [6, 6.07) is 68.6. The Labute approximate surface area is 353 Å². The summed E-state index contributed by atoms with van der Waals surface area (Å²) >= 11 is 1.82. The van der Waals surface area contributed by atoms with Crippen molar-refractivity contribution in [2.45, 2.75) is 0 Å². The van der Waals surface area contributed by atoms with Gasteiger partial charge in [-0.3, -0.25) is 0 Å². The first-order chi connectivity index (χ1) is 30.2. The van der Waals surface area contributed by atoms with E-state index in [0.29, 0.717) is 17.5 Å². The number of hydrogen-bond donors (Lipinski definition) is 0. The normalized spacial score (nSPS) is 11.9. The lowest BCUT2D eigenvalue weighted by Gasteiger charge is -2.16. The molecule has 0 radical (unpaired) electrons. The van der Waals surface area contributed by atoms with Gasteiger partial charge in [0.2, 0.25) is 0 Å². The molecule has 0 spiro atoms. The van der Waals surface area contributed by atoms with Crippen LogP contribution in [0.25, 0.3) is 126 Å². The molecule has 0 aliphatic heterocycles. The number of benzene rings is 9. The van der Waals surface area contributed by atoms with E-state index < -0.39 is 0 Å². The van der Waals surface area contributed by atoms with E-state index in [1.807, 2.05) is 53.8 Å². The quantitative estimate of drug-likeness (QED) is 0.174. The Morgan fingerprint density at radius 3 is 1.93 bits per heavy atom. The van der Waals surface area contributed by atoms with E-state index in [1.54, 1.807) is 0 Å². The highest BCUT2D eigenvalue weighted by Crippen LogP contribution is 2.45. The average Bonchev–Trinajstić information content (AvgIpc) is 4.00. The van der Waals surface area contributed by atoms with E-state index in [4.69, 9.17) is 19.4 Å². The van der Waals surface area contributed by atoms with Crippen molar-refractivity contribution in [3.63, 3.8) is 0 Å². The molecule has 0 saturated heterocycles. The summed E-state index contributed by atoms with van der Waals surface area (Å²) in [5.74, 6) is 1.73. The Morgan fingerprint density at radius 2 is 1.05 bits per heavy atom. The molecule has 0 aliphatic carbocycles. The zero-order chi connectivity index (χ0) is 40.0. The van der Waals surface area contributed by atoms with Gasteiger partial charge < -0.3 is 8.98 Å². The second-order valence-electron chi connectivity index (χ2n) is 15.5. The molecule has 13 aromatic rings. The highest BCUT2D eigenvalue weighted by molar-refractivity contribution is 7.25. The van der Waals surface area contributed by atoms with Crippen LogP contribution < -0.4 is 0 Å². The van der Waals surface area contributed by atoms with Gasteiger partial charge in [-0.2, -0.15) is 0 Å². The molecule has 0 amide bonds. The van der Waals surface area contributed by atoms with Gasteiger partial charge in [0.1, 0.15) is 11.2 Å². The smallest absolute Gasteiger partial charge is 0.167 e. The van der Waals surface area contributed by atoms with Crippen LogP contribution in [-0.4, -0.2) is 19.5 Å². The summed E-state index contributed by atoms with van der Waals surface area (Å²) in [4.78, 5) is 15.9. The van der Waals surface area contributed by atoms with E-state index in [0.717, 1.165) is 66.5 Å². The number of aromatic nitrogens is 4. The van der Waals surface area contributed by atoms with E-state index in [9.17, 15) is 0 Å². The van der Waals surface area contributed by atoms with Gasteiger partial charge in [-0.25, -0.2) is 15.0 Å². The number of furan rings is 1. The summed E-state index contributed by atoms with van der Waals surface area (Å²) in [5.41, 5.74) is 9.75. The van der Waals surface area contributed by atoms with Gasteiger partial charge in [-0.1, -0.05) is 133 Å². The second kappa shape index (κ2) is 13.3. The number of rotatable bonds is 5. The standard InChI is InChI=1S/C55H32N4OS/c1-2-14-33(15-3-1)53-56-54(58-55(57-53)43-23-12-22-40-38-19-7-10-25-48(38)60-52(40)43)41-29-28-36(32-44(41)39-21-13-27-50-51(39)42-20-8-11-26-49(42)61-50)59-46-24-9-6-18-37(46)45-30-34-16-4-5-17-35(34)31-47(45)59/h1-32H. The molecule has 0 atom stereocenters. The van der Waals surface area contributed by atoms with Crippen LogP contribution in [0, 0.1) is 0 Å². The first kappa shape index (κ1) is 34.0. The van der Waals surface area contributed by atoms with Gasteiger partial charge in [0.05, 0.1) is 16.6 Å². The lowest BCUT2D eigenvalue weighted by atomic mass is 9.94. The van der Waals surface area contributed by atoms with E-state index in [-0.39, 0.29) is 0 Å². The molecule has 0 saturated carbocycles. The van der Waals surface area contributed by atoms with Crippen molar-refractivity contribution in [2.24, 2.45) is 0 Å². The molecular formula is C55H32N4OS. The van der Waals surface area contributed by atoms with Crippen LogP contribution in [0.4, 0.5) is 0 Å². The third-order valence-electron chi connectivity index (χ3n) is 12.0. The topological polar surface area (TPSA) is 56.7 Å². The minimum absolute atomic E-state index is 0.553. The van der Waals surface area contributed by atoms with Crippen LogP contribution in [0.5, 0.6) is 0 Å². The van der Waals surface area contributed by atoms with Gasteiger partial charge in [-0.15, -0.1) is 11.3 Å². The van der Waals surface area contributed by atoms with Crippen molar-refractivity contribution in [3.05, 3.63) is 194 Å². The third-order valence-corrected chi connectivity index (χ3v) is 13.2. The fraction of sp³-hybridized carbons (Fsp3) is 0. The van der Waals surface area contributed by atoms with E-state index in [1.165, 1.54) is 41.7 Å². The van der Waals surface area contributed by atoms with Crippen LogP contribution in [0.2, 0.25) is 0 Å². The largest absolute Gasteiger partial charge is 0.455 e. The van der Waals surface area contributed by atoms with Gasteiger partial charge in [-0.05, 0) is 82.6 Å². The number of hydrogen-bond acceptors (Lipinski definition) is 5. The van der Waals surface area contributed by atoms with Crippen molar-refractivity contribution in [2.75, 3.05) is 0 Å². The fourth-order valence-electron chi connectivity index (χ4n) is 9.28. The second-order valence-corrected chi connectivity index (χ2v) is 16.6. The van der Waals surface area contributed by atoms with Crippen molar-refractivity contribution in [3.8, 4) is 51.0 Å². The van der Waals surface area contributed by atoms with Crippen molar-refractivity contribution in [1.82, 2.24) is 19.5 Å². The molecule has 4 heterocycles. The highest BCUT2D eigenvalue weighted by Gasteiger charge is 2.23. The molecule has 284 valence electrons. The summed E-state index contributed by atoms with van der Waals surface area (Å²) in [6.07, 6.45) is 0. The molecule has 0 bridgehead atoms. The molecule has 0 N–H and O–H groups in total. The average molecular weight is 797 g/mol. The fourth-order valence-corrected chi connectivity index (χ4v) is 10.4. The minimum atomic E-state index is 0.553. The molecule has 13 rings (SSSR count).